The number of nitrogens with zero attached hydrogens (tertiary/aromatic N) is 3. The molecule has 3 rings (SSSR count). The van der Waals surface area contributed by atoms with Crippen LogP contribution in [0.2, 0.25) is 0 Å². The van der Waals surface area contributed by atoms with E-state index < -0.39 is 16.0 Å². The predicted molar refractivity (Wildman–Crippen MR) is 112 cm³/mol. The maximum atomic E-state index is 13.3. The molecule has 170 valence electrons. The van der Waals surface area contributed by atoms with Gasteiger partial charge in [-0.1, -0.05) is 25.9 Å². The van der Waals surface area contributed by atoms with Crippen molar-refractivity contribution < 1.29 is 27.2 Å². The van der Waals surface area contributed by atoms with E-state index in [1.807, 2.05) is 20.8 Å². The van der Waals surface area contributed by atoms with Crippen molar-refractivity contribution in [1.29, 1.82) is 0 Å². The van der Waals surface area contributed by atoms with Crippen molar-refractivity contribution in [2.45, 2.75) is 51.5 Å². The van der Waals surface area contributed by atoms with Crippen molar-refractivity contribution in [1.82, 2.24) is 14.4 Å². The number of aryl methyl sites for hydroxylation is 1. The topological polar surface area (TPSA) is 112 Å². The highest BCUT2D eigenvalue weighted by atomic mass is 32.2. The summed E-state index contributed by atoms with van der Waals surface area (Å²) in [7, 11) is -2.44. The molecule has 9 nitrogen and oxygen atoms in total. The van der Waals surface area contributed by atoms with Crippen molar-refractivity contribution in [3.05, 3.63) is 35.5 Å². The van der Waals surface area contributed by atoms with Gasteiger partial charge in [-0.15, -0.1) is 0 Å². The van der Waals surface area contributed by atoms with E-state index in [2.05, 4.69) is 10.1 Å². The number of piperidine rings is 1. The number of rotatable bonds is 8. The fourth-order valence-corrected chi connectivity index (χ4v) is 5.69. The third-order valence-electron chi connectivity index (χ3n) is 5.16. The van der Waals surface area contributed by atoms with Gasteiger partial charge < -0.3 is 14.0 Å². The number of esters is 1. The molecule has 1 saturated heterocycles. The Bertz CT molecular complexity index is 1010. The standard InChI is InChI=1S/C21H29N3O6S/c1-5-6-19-22-20(30-23-19)13-29-21(25)16-7-8-17(28-4)18(10-16)31(26,27)24-11-14(2)9-15(3)12-24/h7-8,10,14-15H,5-6,9,11-13H2,1-4H3. The SMILES string of the molecule is CCCc1noc(COC(=O)c2ccc(OC)c(S(=O)(=O)N3CC(C)CC(C)C3)c2)n1. The molecule has 0 radical (unpaired) electrons. The van der Waals surface area contributed by atoms with Crippen LogP contribution in [0.4, 0.5) is 0 Å². The van der Waals surface area contributed by atoms with Crippen molar-refractivity contribution in [3.63, 3.8) is 0 Å². The molecule has 2 unspecified atom stereocenters. The molecule has 0 saturated carbocycles. The lowest BCUT2D eigenvalue weighted by molar-refractivity contribution is 0.0429. The highest BCUT2D eigenvalue weighted by Gasteiger charge is 2.34. The molecule has 31 heavy (non-hydrogen) atoms. The molecule has 2 aromatic rings. The highest BCUT2D eigenvalue weighted by Crippen LogP contribution is 2.32. The number of benzene rings is 1. The van der Waals surface area contributed by atoms with E-state index in [0.29, 0.717) is 25.3 Å². The number of methoxy groups -OCH3 is 1. The van der Waals surface area contributed by atoms with Gasteiger partial charge in [0, 0.05) is 19.5 Å². The average Bonchev–Trinajstić information content (AvgIpc) is 3.18. The third kappa shape index (κ3) is 5.43. The largest absolute Gasteiger partial charge is 0.495 e. The van der Waals surface area contributed by atoms with E-state index in [1.165, 1.54) is 29.6 Å². The maximum Gasteiger partial charge on any atom is 0.338 e. The molecular weight excluding hydrogens is 422 g/mol. The van der Waals surface area contributed by atoms with Crippen molar-refractivity contribution >= 4 is 16.0 Å². The first-order valence-electron chi connectivity index (χ1n) is 10.4. The third-order valence-corrected chi connectivity index (χ3v) is 7.02. The van der Waals surface area contributed by atoms with Gasteiger partial charge in [-0.2, -0.15) is 9.29 Å². The van der Waals surface area contributed by atoms with E-state index in [9.17, 15) is 13.2 Å². The number of aromatic nitrogens is 2. The second-order valence-corrected chi connectivity index (χ2v) is 9.97. The number of carbonyl (C=O) groups is 1. The summed E-state index contributed by atoms with van der Waals surface area (Å²) >= 11 is 0. The van der Waals surface area contributed by atoms with Gasteiger partial charge in [0.1, 0.15) is 10.6 Å². The summed E-state index contributed by atoms with van der Waals surface area (Å²) in [6.45, 7) is 6.74. The summed E-state index contributed by atoms with van der Waals surface area (Å²) in [5.74, 6) is 0.749. The highest BCUT2D eigenvalue weighted by molar-refractivity contribution is 7.89. The molecule has 2 atom stereocenters. The summed E-state index contributed by atoms with van der Waals surface area (Å²) in [5, 5.41) is 3.81. The fraction of sp³-hybridized carbons (Fsp3) is 0.571. The first kappa shape index (κ1) is 23.2. The van der Waals surface area contributed by atoms with Gasteiger partial charge in [0.2, 0.25) is 10.0 Å². The van der Waals surface area contributed by atoms with E-state index in [1.54, 1.807) is 0 Å². The van der Waals surface area contributed by atoms with Crippen LogP contribution in [0.5, 0.6) is 5.75 Å². The van der Waals surface area contributed by atoms with Gasteiger partial charge in [-0.3, -0.25) is 0 Å². The van der Waals surface area contributed by atoms with Gasteiger partial charge >= 0.3 is 5.97 Å². The minimum Gasteiger partial charge on any atom is -0.495 e. The fourth-order valence-electron chi connectivity index (χ4n) is 3.83. The molecule has 0 spiro atoms. The Morgan fingerprint density at radius 2 is 1.97 bits per heavy atom. The summed E-state index contributed by atoms with van der Waals surface area (Å²) in [6, 6.07) is 4.24. The molecule has 1 aliphatic rings. The Morgan fingerprint density at radius 1 is 1.26 bits per heavy atom. The minimum absolute atomic E-state index is 0.0474. The number of hydrogen-bond acceptors (Lipinski definition) is 8. The van der Waals surface area contributed by atoms with Crippen molar-refractivity contribution in [2.24, 2.45) is 11.8 Å². The van der Waals surface area contributed by atoms with Crippen LogP contribution in [-0.4, -0.2) is 49.0 Å². The molecule has 0 aliphatic carbocycles. The number of ether oxygens (including phenoxy) is 2. The summed E-state index contributed by atoms with van der Waals surface area (Å²) in [6.07, 6.45) is 2.52. The predicted octanol–water partition coefficient (Wildman–Crippen LogP) is 3.05. The average molecular weight is 452 g/mol. The van der Waals surface area contributed by atoms with Gasteiger partial charge in [0.15, 0.2) is 12.4 Å². The second kappa shape index (κ2) is 9.78. The number of carbonyl (C=O) groups excluding carboxylic acids is 1. The van der Waals surface area contributed by atoms with Crippen LogP contribution in [0.15, 0.2) is 27.6 Å². The summed E-state index contributed by atoms with van der Waals surface area (Å²) in [5.41, 5.74) is 0.103. The van der Waals surface area contributed by atoms with Crippen LogP contribution in [-0.2, 0) is 27.8 Å². The lowest BCUT2D eigenvalue weighted by atomic mass is 9.94. The van der Waals surface area contributed by atoms with Crippen LogP contribution in [0.1, 0.15) is 55.7 Å². The zero-order valence-electron chi connectivity index (χ0n) is 18.3. The normalized spacial score (nSPS) is 19.9. The van der Waals surface area contributed by atoms with Gasteiger partial charge in [-0.05, 0) is 42.9 Å². The zero-order valence-corrected chi connectivity index (χ0v) is 19.1. The molecule has 1 aromatic carbocycles. The monoisotopic (exact) mass is 451 g/mol. The van der Waals surface area contributed by atoms with Gasteiger partial charge in [-0.25, -0.2) is 13.2 Å². The van der Waals surface area contributed by atoms with Crippen LogP contribution in [0.25, 0.3) is 0 Å². The van der Waals surface area contributed by atoms with Crippen LogP contribution < -0.4 is 4.74 Å². The lowest BCUT2D eigenvalue weighted by Gasteiger charge is -2.34. The minimum atomic E-state index is -3.84. The van der Waals surface area contributed by atoms with Crippen LogP contribution in [0.3, 0.4) is 0 Å². The Hall–Kier alpha value is -2.46. The molecule has 1 aliphatic heterocycles. The number of sulfonamides is 1. The first-order valence-corrected chi connectivity index (χ1v) is 11.8. The zero-order chi connectivity index (χ0) is 22.6. The van der Waals surface area contributed by atoms with Gasteiger partial charge in [0.25, 0.3) is 5.89 Å². The molecule has 1 aromatic heterocycles. The van der Waals surface area contributed by atoms with E-state index in [0.717, 1.165) is 12.8 Å². The van der Waals surface area contributed by atoms with E-state index >= 15 is 0 Å². The molecule has 10 heteroatoms. The molecule has 0 N–H and O–H groups in total. The van der Waals surface area contributed by atoms with Crippen LogP contribution >= 0.6 is 0 Å². The Kier molecular flexibility index (Phi) is 7.32. The second-order valence-electron chi connectivity index (χ2n) is 8.06. The molecular formula is C21H29N3O6S. The Labute approximate surface area is 182 Å². The Balaban J connectivity index is 1.79. The van der Waals surface area contributed by atoms with Crippen LogP contribution in [0, 0.1) is 11.8 Å². The number of hydrogen-bond donors (Lipinski definition) is 0. The quantitative estimate of drug-likeness (QED) is 0.563. The Morgan fingerprint density at radius 3 is 2.61 bits per heavy atom. The summed E-state index contributed by atoms with van der Waals surface area (Å²) in [4.78, 5) is 16.6. The molecule has 1 fully saturated rings. The maximum absolute atomic E-state index is 13.3. The van der Waals surface area contributed by atoms with Gasteiger partial charge in [0.05, 0.1) is 12.7 Å². The van der Waals surface area contributed by atoms with E-state index in [-0.39, 0.29) is 40.5 Å². The summed E-state index contributed by atoms with van der Waals surface area (Å²) < 4.78 is 43.7. The van der Waals surface area contributed by atoms with E-state index in [4.69, 9.17) is 14.0 Å². The molecule has 2 heterocycles. The van der Waals surface area contributed by atoms with Crippen molar-refractivity contribution in [3.8, 4) is 5.75 Å². The first-order chi connectivity index (χ1) is 14.7. The van der Waals surface area contributed by atoms with Crippen molar-refractivity contribution in [2.75, 3.05) is 20.2 Å². The smallest absolute Gasteiger partial charge is 0.338 e. The molecule has 0 bridgehead atoms. The lowest BCUT2D eigenvalue weighted by Crippen LogP contribution is -2.42. The molecule has 0 amide bonds.